The molecule has 0 aromatic heterocycles. The van der Waals surface area contributed by atoms with Crippen LogP contribution in [0.5, 0.6) is 0 Å². The van der Waals surface area contributed by atoms with Gasteiger partial charge in [-0.05, 0) is 43.2 Å². The van der Waals surface area contributed by atoms with E-state index in [-0.39, 0.29) is 4.90 Å². The molecule has 0 aliphatic heterocycles. The zero-order valence-electron chi connectivity index (χ0n) is 13.1. The summed E-state index contributed by atoms with van der Waals surface area (Å²) in [5.41, 5.74) is -0.407. The van der Waals surface area contributed by atoms with Crippen molar-refractivity contribution in [3.63, 3.8) is 0 Å². The Hall–Kier alpha value is -1.88. The van der Waals surface area contributed by atoms with Crippen LogP contribution in [0.1, 0.15) is 27.2 Å². The number of rotatable bonds is 5. The molecule has 1 N–H and O–H groups in total. The highest BCUT2D eigenvalue weighted by Gasteiger charge is 2.24. The number of hydrogen-bond acceptors (Lipinski definition) is 3. The maximum atomic E-state index is 12.4. The van der Waals surface area contributed by atoms with Crippen molar-refractivity contribution in [2.75, 3.05) is 5.75 Å². The topological polar surface area (TPSA) is 63.2 Å². The van der Waals surface area contributed by atoms with E-state index in [9.17, 15) is 13.2 Å². The van der Waals surface area contributed by atoms with Crippen molar-refractivity contribution in [2.24, 2.45) is 0 Å². The average molecular weight is 319 g/mol. The monoisotopic (exact) mass is 319 g/mol. The molecule has 4 nitrogen and oxygen atoms in total. The number of sulfone groups is 1. The van der Waals surface area contributed by atoms with Gasteiger partial charge in [-0.3, -0.25) is 4.79 Å². The first-order valence-electron chi connectivity index (χ1n) is 7.26. The molecule has 0 saturated carbocycles. The van der Waals surface area contributed by atoms with Gasteiger partial charge in [0.2, 0.25) is 5.91 Å². The third-order valence-electron chi connectivity index (χ3n) is 3.76. The Morgan fingerprint density at radius 2 is 1.73 bits per heavy atom. The molecule has 2 aromatic rings. The zero-order valence-corrected chi connectivity index (χ0v) is 13.9. The van der Waals surface area contributed by atoms with E-state index in [1.807, 2.05) is 45.0 Å². The maximum Gasteiger partial charge on any atom is 0.235 e. The summed E-state index contributed by atoms with van der Waals surface area (Å²) in [4.78, 5) is 12.2. The molecule has 0 aliphatic carbocycles. The molecule has 22 heavy (non-hydrogen) atoms. The minimum absolute atomic E-state index is 0.177. The molecule has 0 fully saturated rings. The molecule has 0 unspecified atom stereocenters. The molecule has 0 atom stereocenters. The number of fused-ring (bicyclic) bond motifs is 1. The van der Waals surface area contributed by atoms with Crippen LogP contribution in [0, 0.1) is 0 Å². The number of carbonyl (C=O) groups excluding carboxylic acids is 1. The summed E-state index contributed by atoms with van der Waals surface area (Å²) >= 11 is 0. The van der Waals surface area contributed by atoms with Crippen LogP contribution in [0.15, 0.2) is 47.4 Å². The van der Waals surface area contributed by atoms with Crippen molar-refractivity contribution in [3.05, 3.63) is 42.5 Å². The second kappa shape index (κ2) is 6.08. The molecule has 5 heteroatoms. The van der Waals surface area contributed by atoms with E-state index in [1.54, 1.807) is 18.2 Å². The Balaban J connectivity index is 2.23. The summed E-state index contributed by atoms with van der Waals surface area (Å²) in [6.07, 6.45) is 0.731. The van der Waals surface area contributed by atoms with Crippen LogP contribution in [-0.4, -0.2) is 25.6 Å². The summed E-state index contributed by atoms with van der Waals surface area (Å²) in [6, 6.07) is 12.5. The minimum Gasteiger partial charge on any atom is -0.350 e. The van der Waals surface area contributed by atoms with Crippen molar-refractivity contribution in [1.82, 2.24) is 5.32 Å². The van der Waals surface area contributed by atoms with Crippen LogP contribution in [0.25, 0.3) is 10.8 Å². The van der Waals surface area contributed by atoms with Crippen LogP contribution in [-0.2, 0) is 14.6 Å². The van der Waals surface area contributed by atoms with Gasteiger partial charge in [0, 0.05) is 5.54 Å². The average Bonchev–Trinajstić information content (AvgIpc) is 2.45. The maximum absolute atomic E-state index is 12.4. The lowest BCUT2D eigenvalue weighted by Crippen LogP contribution is -2.45. The molecule has 0 heterocycles. The molecule has 0 radical (unpaired) electrons. The van der Waals surface area contributed by atoms with E-state index in [1.165, 1.54) is 0 Å². The third kappa shape index (κ3) is 3.85. The van der Waals surface area contributed by atoms with Crippen molar-refractivity contribution in [3.8, 4) is 0 Å². The molecule has 0 saturated heterocycles. The van der Waals surface area contributed by atoms with E-state index >= 15 is 0 Å². The highest BCUT2D eigenvalue weighted by Crippen LogP contribution is 2.20. The van der Waals surface area contributed by atoms with E-state index in [0.717, 1.165) is 17.2 Å². The van der Waals surface area contributed by atoms with Gasteiger partial charge in [0.1, 0.15) is 5.75 Å². The number of hydrogen-bond donors (Lipinski definition) is 1. The second-order valence-electron chi connectivity index (χ2n) is 6.05. The Morgan fingerprint density at radius 3 is 2.36 bits per heavy atom. The van der Waals surface area contributed by atoms with Gasteiger partial charge in [-0.1, -0.05) is 37.3 Å². The van der Waals surface area contributed by atoms with Crippen LogP contribution in [0.3, 0.4) is 0 Å². The van der Waals surface area contributed by atoms with Gasteiger partial charge in [0.25, 0.3) is 0 Å². The Labute approximate surface area is 131 Å². The van der Waals surface area contributed by atoms with Gasteiger partial charge in [0.15, 0.2) is 9.84 Å². The van der Waals surface area contributed by atoms with Gasteiger partial charge in [-0.25, -0.2) is 8.42 Å². The number of benzene rings is 2. The first-order valence-corrected chi connectivity index (χ1v) is 8.91. The lowest BCUT2D eigenvalue weighted by atomic mass is 10.0. The first-order chi connectivity index (χ1) is 10.2. The van der Waals surface area contributed by atoms with Gasteiger partial charge in [-0.15, -0.1) is 0 Å². The van der Waals surface area contributed by atoms with Gasteiger partial charge < -0.3 is 5.32 Å². The minimum atomic E-state index is -3.64. The molecule has 2 aromatic carbocycles. The van der Waals surface area contributed by atoms with Crippen LogP contribution in [0.2, 0.25) is 0 Å². The van der Waals surface area contributed by atoms with Crippen LogP contribution in [0.4, 0.5) is 0 Å². The predicted molar refractivity (Wildman–Crippen MR) is 88.5 cm³/mol. The molecule has 2 rings (SSSR count). The molecule has 0 bridgehead atoms. The van der Waals surface area contributed by atoms with Crippen molar-refractivity contribution < 1.29 is 13.2 Å². The number of nitrogens with one attached hydrogen (secondary N) is 1. The molecule has 1 amide bonds. The fraction of sp³-hybridized carbons (Fsp3) is 0.353. The Morgan fingerprint density at radius 1 is 1.09 bits per heavy atom. The summed E-state index contributed by atoms with van der Waals surface area (Å²) in [7, 11) is -3.64. The van der Waals surface area contributed by atoms with E-state index < -0.39 is 27.0 Å². The third-order valence-corrected chi connectivity index (χ3v) is 5.38. The molecule has 0 aliphatic rings. The Bertz CT molecular complexity index is 794. The Kier molecular flexibility index (Phi) is 4.56. The van der Waals surface area contributed by atoms with Crippen LogP contribution < -0.4 is 5.32 Å². The van der Waals surface area contributed by atoms with E-state index in [4.69, 9.17) is 0 Å². The van der Waals surface area contributed by atoms with Gasteiger partial charge in [0.05, 0.1) is 4.90 Å². The zero-order chi connectivity index (χ0) is 16.4. The highest BCUT2D eigenvalue weighted by atomic mass is 32.2. The van der Waals surface area contributed by atoms with Crippen molar-refractivity contribution in [1.29, 1.82) is 0 Å². The predicted octanol–water partition coefficient (Wildman–Crippen LogP) is 2.92. The lowest BCUT2D eigenvalue weighted by Gasteiger charge is -2.24. The number of amides is 1. The quantitative estimate of drug-likeness (QED) is 0.921. The van der Waals surface area contributed by atoms with Gasteiger partial charge >= 0.3 is 0 Å². The molecular weight excluding hydrogens is 298 g/mol. The smallest absolute Gasteiger partial charge is 0.235 e. The fourth-order valence-corrected chi connectivity index (χ4v) is 3.28. The van der Waals surface area contributed by atoms with Crippen molar-refractivity contribution in [2.45, 2.75) is 37.6 Å². The summed E-state index contributed by atoms with van der Waals surface area (Å²) < 4.78 is 24.8. The number of carbonyl (C=O) groups is 1. The first kappa shape index (κ1) is 16.5. The summed E-state index contributed by atoms with van der Waals surface area (Å²) in [6.45, 7) is 5.68. The lowest BCUT2D eigenvalue weighted by molar-refractivity contribution is -0.120. The van der Waals surface area contributed by atoms with E-state index in [0.29, 0.717) is 0 Å². The molecule has 118 valence electrons. The van der Waals surface area contributed by atoms with Gasteiger partial charge in [-0.2, -0.15) is 0 Å². The standard InChI is InChI=1S/C17H21NO3S/c1-4-17(2,3)18-16(19)12-22(20,21)15-10-9-13-7-5-6-8-14(13)11-15/h5-11H,4,12H2,1-3H3,(H,18,19). The summed E-state index contributed by atoms with van der Waals surface area (Å²) in [5.74, 6) is -1.01. The normalized spacial score (nSPS) is 12.3. The van der Waals surface area contributed by atoms with E-state index in [2.05, 4.69) is 5.32 Å². The SMILES string of the molecule is CCC(C)(C)NC(=O)CS(=O)(=O)c1ccc2ccccc2c1. The van der Waals surface area contributed by atoms with Crippen LogP contribution >= 0.6 is 0 Å². The molecule has 0 spiro atoms. The second-order valence-corrected chi connectivity index (χ2v) is 8.04. The molecular formula is C17H21NO3S. The largest absolute Gasteiger partial charge is 0.350 e. The fourth-order valence-electron chi connectivity index (χ4n) is 2.12. The van der Waals surface area contributed by atoms with Crippen molar-refractivity contribution >= 4 is 26.5 Å². The summed E-state index contributed by atoms with van der Waals surface area (Å²) in [5, 5.41) is 4.57. The highest BCUT2D eigenvalue weighted by molar-refractivity contribution is 7.92.